The van der Waals surface area contributed by atoms with Gasteiger partial charge in [0.15, 0.2) is 11.5 Å². The van der Waals surface area contributed by atoms with Crippen molar-refractivity contribution < 1.29 is 15.0 Å². The molecule has 4 nitrogen and oxygen atoms in total. The summed E-state index contributed by atoms with van der Waals surface area (Å²) in [6, 6.07) is 0.231. The molecule has 31 heavy (non-hydrogen) atoms. The molecule has 1 aliphatic heterocycles. The first-order valence-electron chi connectivity index (χ1n) is 13.0. The predicted octanol–water partition coefficient (Wildman–Crippen LogP) is 5.02. The monoisotopic (exact) mass is 429 g/mol. The van der Waals surface area contributed by atoms with Gasteiger partial charge in [-0.1, -0.05) is 27.7 Å². The third kappa shape index (κ3) is 3.18. The number of Topliss-reactive ketones (excluding diaryl/α,β-unsaturated/α-hetero) is 1. The van der Waals surface area contributed by atoms with Gasteiger partial charge in [0.05, 0.1) is 6.10 Å². The van der Waals surface area contributed by atoms with Crippen molar-refractivity contribution in [3.8, 4) is 0 Å². The molecule has 0 spiro atoms. The topological polar surface area (TPSA) is 69.6 Å². The Morgan fingerprint density at radius 3 is 2.58 bits per heavy atom. The van der Waals surface area contributed by atoms with Gasteiger partial charge >= 0.3 is 0 Å². The van der Waals surface area contributed by atoms with Gasteiger partial charge in [0.1, 0.15) is 0 Å². The average molecular weight is 430 g/mol. The van der Waals surface area contributed by atoms with E-state index in [1.807, 2.05) is 0 Å². The van der Waals surface area contributed by atoms with E-state index in [2.05, 4.69) is 33.0 Å². The van der Waals surface area contributed by atoms with E-state index in [1.54, 1.807) is 0 Å². The normalized spacial score (nSPS) is 51.1. The zero-order valence-corrected chi connectivity index (χ0v) is 20.0. The fourth-order valence-corrected chi connectivity index (χ4v) is 9.49. The molecule has 174 valence electrons. The van der Waals surface area contributed by atoms with Crippen molar-refractivity contribution in [3.05, 3.63) is 11.3 Å². The maximum atomic E-state index is 12.2. The van der Waals surface area contributed by atoms with Crippen LogP contribution in [0.25, 0.3) is 0 Å². The first-order valence-corrected chi connectivity index (χ1v) is 13.0. The van der Waals surface area contributed by atoms with Crippen LogP contribution in [0, 0.1) is 46.3 Å². The summed E-state index contributed by atoms with van der Waals surface area (Å²) in [4.78, 5) is 12.2. The molecule has 0 radical (unpaired) electrons. The lowest BCUT2D eigenvalue weighted by Gasteiger charge is -2.59. The zero-order valence-electron chi connectivity index (χ0n) is 20.0. The number of aliphatic hydroxyl groups excluding tert-OH is 2. The molecule has 1 saturated heterocycles. The molecule has 0 aromatic carbocycles. The van der Waals surface area contributed by atoms with Crippen LogP contribution in [-0.2, 0) is 4.79 Å². The van der Waals surface area contributed by atoms with Crippen molar-refractivity contribution in [3.63, 3.8) is 0 Å². The van der Waals surface area contributed by atoms with Crippen molar-refractivity contribution in [2.45, 2.75) is 97.6 Å². The number of ketones is 1. The van der Waals surface area contributed by atoms with Crippen LogP contribution in [0.1, 0.15) is 85.5 Å². The second-order valence-corrected chi connectivity index (χ2v) is 12.5. The number of aliphatic hydroxyl groups is 2. The summed E-state index contributed by atoms with van der Waals surface area (Å²) in [7, 11) is 0. The lowest BCUT2D eigenvalue weighted by molar-refractivity contribution is -0.122. The molecule has 4 fully saturated rings. The van der Waals surface area contributed by atoms with Crippen LogP contribution in [0.5, 0.6) is 0 Å². The molecular weight excluding hydrogens is 386 g/mol. The molecule has 0 aromatic heterocycles. The van der Waals surface area contributed by atoms with E-state index in [-0.39, 0.29) is 29.1 Å². The van der Waals surface area contributed by atoms with Gasteiger partial charge in [-0.2, -0.15) is 0 Å². The van der Waals surface area contributed by atoms with E-state index < -0.39 is 0 Å². The summed E-state index contributed by atoms with van der Waals surface area (Å²) in [5.41, 5.74) is 1.46. The number of piperidine rings is 1. The molecule has 0 bridgehead atoms. The van der Waals surface area contributed by atoms with Crippen molar-refractivity contribution in [1.29, 1.82) is 0 Å². The summed E-state index contributed by atoms with van der Waals surface area (Å²) in [5, 5.41) is 25.1. The number of carbonyl (C=O) groups excluding carboxylic acids is 1. The Hall–Kier alpha value is -0.870. The van der Waals surface area contributed by atoms with Gasteiger partial charge in [0.2, 0.25) is 0 Å². The Labute approximate surface area is 188 Å². The summed E-state index contributed by atoms with van der Waals surface area (Å²) in [5.74, 6) is 3.89. The molecule has 4 heteroatoms. The molecule has 1 heterocycles. The van der Waals surface area contributed by atoms with Gasteiger partial charge in [-0.25, -0.2) is 0 Å². The maximum Gasteiger partial charge on any atom is 0.197 e. The van der Waals surface area contributed by atoms with Gasteiger partial charge in [0, 0.05) is 12.5 Å². The number of hydrogen-bond donors (Lipinski definition) is 3. The number of nitrogens with one attached hydrogen (secondary N) is 1. The zero-order chi connectivity index (χ0) is 22.1. The first-order chi connectivity index (χ1) is 14.7. The van der Waals surface area contributed by atoms with Crippen LogP contribution in [-0.4, -0.2) is 34.7 Å². The highest BCUT2D eigenvalue weighted by atomic mass is 16.3. The van der Waals surface area contributed by atoms with E-state index in [1.165, 1.54) is 25.7 Å². The third-order valence-electron chi connectivity index (χ3n) is 11.1. The van der Waals surface area contributed by atoms with Gasteiger partial charge in [-0.3, -0.25) is 4.79 Å². The molecule has 4 aliphatic carbocycles. The minimum absolute atomic E-state index is 0.0171. The summed E-state index contributed by atoms with van der Waals surface area (Å²) in [6.07, 6.45) is 9.26. The van der Waals surface area contributed by atoms with Crippen LogP contribution in [0.3, 0.4) is 0 Å². The maximum absolute atomic E-state index is 12.2. The standard InChI is InChI=1S/C27H43NO3/c1-15-13-23(30)24(28-14-15)16(2)18-7-8-19-17-5-6-21-25(31)22(29)10-12-27(21,4)20(17)9-11-26(18,19)3/h15-20,23-24,28,30-31H,5-14H2,1-4H3. The number of carbonyl (C=O) groups is 1. The molecule has 10 atom stereocenters. The fraction of sp³-hybridized carbons (Fsp3) is 0.889. The summed E-state index contributed by atoms with van der Waals surface area (Å²) < 4.78 is 0. The molecular formula is C27H43NO3. The van der Waals surface area contributed by atoms with E-state index in [0.29, 0.717) is 35.5 Å². The van der Waals surface area contributed by atoms with Crippen molar-refractivity contribution in [2.24, 2.45) is 46.3 Å². The second kappa shape index (κ2) is 7.58. The van der Waals surface area contributed by atoms with Gasteiger partial charge in [0.25, 0.3) is 0 Å². The highest BCUT2D eigenvalue weighted by molar-refractivity contribution is 5.95. The molecule has 0 aromatic rings. The Bertz CT molecular complexity index is 776. The minimum atomic E-state index is -0.221. The van der Waals surface area contributed by atoms with Crippen LogP contribution in [0.4, 0.5) is 0 Å². The van der Waals surface area contributed by atoms with Crippen molar-refractivity contribution in [2.75, 3.05) is 6.54 Å². The number of rotatable bonds is 2. The van der Waals surface area contributed by atoms with Crippen LogP contribution in [0.2, 0.25) is 0 Å². The SMILES string of the molecule is CC1CNC(C(C)C2CCC3C4CCC5=C(O)C(=O)CCC5(C)C4CCC23C)C(O)C1. The first kappa shape index (κ1) is 21.9. The van der Waals surface area contributed by atoms with E-state index in [0.717, 1.165) is 49.6 Å². The lowest BCUT2D eigenvalue weighted by atomic mass is 9.46. The minimum Gasteiger partial charge on any atom is -0.504 e. The summed E-state index contributed by atoms with van der Waals surface area (Å²) in [6.45, 7) is 10.6. The largest absolute Gasteiger partial charge is 0.504 e. The van der Waals surface area contributed by atoms with Crippen LogP contribution in [0.15, 0.2) is 11.3 Å². The van der Waals surface area contributed by atoms with Crippen LogP contribution < -0.4 is 5.32 Å². The molecule has 3 saturated carbocycles. The van der Waals surface area contributed by atoms with Crippen molar-refractivity contribution in [1.82, 2.24) is 5.32 Å². The Morgan fingerprint density at radius 1 is 1.06 bits per heavy atom. The Morgan fingerprint density at radius 2 is 1.84 bits per heavy atom. The molecule has 0 amide bonds. The second-order valence-electron chi connectivity index (χ2n) is 12.5. The van der Waals surface area contributed by atoms with Gasteiger partial charge < -0.3 is 15.5 Å². The van der Waals surface area contributed by atoms with E-state index >= 15 is 0 Å². The quantitative estimate of drug-likeness (QED) is 0.577. The van der Waals surface area contributed by atoms with E-state index in [4.69, 9.17) is 0 Å². The third-order valence-corrected chi connectivity index (χ3v) is 11.1. The Kier molecular flexibility index (Phi) is 5.37. The average Bonchev–Trinajstić information content (AvgIpc) is 3.08. The molecule has 3 N–H and O–H groups in total. The van der Waals surface area contributed by atoms with Gasteiger partial charge in [-0.05, 0) is 110 Å². The summed E-state index contributed by atoms with van der Waals surface area (Å²) >= 11 is 0. The predicted molar refractivity (Wildman–Crippen MR) is 123 cm³/mol. The molecule has 10 unspecified atom stereocenters. The van der Waals surface area contributed by atoms with Crippen molar-refractivity contribution >= 4 is 5.78 Å². The molecule has 5 aliphatic rings. The smallest absolute Gasteiger partial charge is 0.197 e. The highest BCUT2D eigenvalue weighted by Gasteiger charge is 2.60. The highest BCUT2D eigenvalue weighted by Crippen LogP contribution is 2.68. The molecule has 5 rings (SSSR count). The lowest BCUT2D eigenvalue weighted by Crippen LogP contribution is -2.56. The fourth-order valence-electron chi connectivity index (χ4n) is 9.49. The van der Waals surface area contributed by atoms with Crippen LogP contribution >= 0.6 is 0 Å². The number of fused-ring (bicyclic) bond motifs is 5. The number of hydrogen-bond acceptors (Lipinski definition) is 4. The van der Waals surface area contributed by atoms with Gasteiger partial charge in [-0.15, -0.1) is 0 Å². The number of allylic oxidation sites excluding steroid dienone is 1. The van der Waals surface area contributed by atoms with E-state index in [9.17, 15) is 15.0 Å². The Balaban J connectivity index is 1.38.